The molecule has 0 bridgehead atoms. The lowest BCUT2D eigenvalue weighted by atomic mass is 9.78. The SMILES string of the molecule is Cc1cc2c(C)c(C)c3c(C)c(C)c(C)c4c(C)c(C)c(c1C)c2c34. The van der Waals surface area contributed by atoms with E-state index in [1.165, 1.54) is 82.4 Å². The molecule has 0 fully saturated rings. The van der Waals surface area contributed by atoms with Crippen LogP contribution in [0.4, 0.5) is 0 Å². The number of hydrogen-bond donors (Lipinski definition) is 0. The Morgan fingerprint density at radius 3 is 1.28 bits per heavy atom. The molecule has 0 saturated heterocycles. The molecule has 0 aliphatic carbocycles. The summed E-state index contributed by atoms with van der Waals surface area (Å²) in [6.07, 6.45) is 0. The fourth-order valence-corrected chi connectivity index (χ4v) is 5.05. The predicted molar refractivity (Wildman–Crippen MR) is 113 cm³/mol. The van der Waals surface area contributed by atoms with Gasteiger partial charge in [0.25, 0.3) is 0 Å². The van der Waals surface area contributed by atoms with Gasteiger partial charge in [0.2, 0.25) is 0 Å². The van der Waals surface area contributed by atoms with Crippen molar-refractivity contribution in [3.63, 3.8) is 0 Å². The normalized spacial score (nSPS) is 12.2. The predicted octanol–water partition coefficient (Wildman–Crippen LogP) is 7.36. The van der Waals surface area contributed by atoms with Crippen LogP contribution in [-0.4, -0.2) is 0 Å². The lowest BCUT2D eigenvalue weighted by Gasteiger charge is -2.25. The van der Waals surface area contributed by atoms with E-state index in [-0.39, 0.29) is 0 Å². The Hall–Kier alpha value is -2.08. The van der Waals surface area contributed by atoms with Crippen molar-refractivity contribution >= 4 is 32.3 Å². The third-order valence-electron chi connectivity index (χ3n) is 7.13. The van der Waals surface area contributed by atoms with Crippen molar-refractivity contribution in [1.82, 2.24) is 0 Å². The average molecular weight is 328 g/mol. The Labute approximate surface area is 151 Å². The van der Waals surface area contributed by atoms with Crippen LogP contribution in [0.1, 0.15) is 50.1 Å². The number of benzene rings is 4. The zero-order valence-corrected chi connectivity index (χ0v) is 17.1. The van der Waals surface area contributed by atoms with Crippen molar-refractivity contribution in [3.8, 4) is 0 Å². The minimum absolute atomic E-state index is 1.40. The van der Waals surface area contributed by atoms with E-state index in [2.05, 4.69) is 68.4 Å². The lowest BCUT2D eigenvalue weighted by molar-refractivity contribution is 1.28. The Morgan fingerprint density at radius 1 is 0.360 bits per heavy atom. The first-order valence-electron chi connectivity index (χ1n) is 9.33. The van der Waals surface area contributed by atoms with Crippen LogP contribution in [0.15, 0.2) is 6.07 Å². The maximum Gasteiger partial charge on any atom is -0.00154 e. The van der Waals surface area contributed by atoms with Crippen molar-refractivity contribution in [1.29, 1.82) is 0 Å². The molecule has 0 N–H and O–H groups in total. The summed E-state index contributed by atoms with van der Waals surface area (Å²) in [6, 6.07) is 2.41. The molecule has 0 unspecified atom stereocenters. The van der Waals surface area contributed by atoms with Crippen LogP contribution in [0.3, 0.4) is 0 Å². The van der Waals surface area contributed by atoms with Gasteiger partial charge in [-0.15, -0.1) is 0 Å². The van der Waals surface area contributed by atoms with E-state index in [9.17, 15) is 0 Å². The molecule has 0 heteroatoms. The summed E-state index contributed by atoms with van der Waals surface area (Å²) in [5.74, 6) is 0. The number of aryl methyl sites for hydroxylation is 8. The van der Waals surface area contributed by atoms with Crippen molar-refractivity contribution in [2.75, 3.05) is 0 Å². The summed E-state index contributed by atoms with van der Waals surface area (Å²) in [5.41, 5.74) is 13.0. The summed E-state index contributed by atoms with van der Waals surface area (Å²) >= 11 is 0. The van der Waals surface area contributed by atoms with E-state index in [0.29, 0.717) is 0 Å². The summed E-state index contributed by atoms with van der Waals surface area (Å²) in [4.78, 5) is 0. The summed E-state index contributed by atoms with van der Waals surface area (Å²) in [5, 5.41) is 8.89. The Morgan fingerprint density at radius 2 is 0.760 bits per heavy atom. The Bertz CT molecular complexity index is 1180. The summed E-state index contributed by atoms with van der Waals surface area (Å²) in [7, 11) is 0. The second kappa shape index (κ2) is 4.97. The van der Waals surface area contributed by atoms with Gasteiger partial charge < -0.3 is 0 Å². The molecule has 0 heterocycles. The summed E-state index contributed by atoms with van der Waals surface area (Å²) in [6.45, 7) is 20.7. The molecule has 0 nitrogen and oxygen atoms in total. The van der Waals surface area contributed by atoms with E-state index in [0.717, 1.165) is 0 Å². The minimum Gasteiger partial charge on any atom is -0.0508 e. The van der Waals surface area contributed by atoms with E-state index >= 15 is 0 Å². The molecule has 0 aromatic heterocycles. The third kappa shape index (κ3) is 1.78. The highest BCUT2D eigenvalue weighted by atomic mass is 14.3. The highest BCUT2D eigenvalue weighted by Gasteiger charge is 2.22. The van der Waals surface area contributed by atoms with Crippen LogP contribution in [0.25, 0.3) is 32.3 Å². The first-order valence-corrected chi connectivity index (χ1v) is 9.33. The standard InChI is InChI=1S/C25H28/c1-11-10-20-14(4)17(7)22-15(5)13(3)16(6)23-19(9)18(8)21(12(11)2)24(20)25(22)23/h10H,1-9H3. The van der Waals surface area contributed by atoms with Crippen LogP contribution in [-0.2, 0) is 0 Å². The first kappa shape index (κ1) is 16.4. The fourth-order valence-electron chi connectivity index (χ4n) is 5.05. The molecule has 0 aliphatic heterocycles. The van der Waals surface area contributed by atoms with Crippen LogP contribution >= 0.6 is 0 Å². The van der Waals surface area contributed by atoms with Crippen LogP contribution < -0.4 is 0 Å². The molecule has 4 aromatic rings. The molecule has 0 saturated carbocycles. The first-order chi connectivity index (χ1) is 11.7. The minimum atomic E-state index is 1.40. The van der Waals surface area contributed by atoms with Crippen molar-refractivity contribution in [2.45, 2.75) is 62.3 Å². The molecule has 4 rings (SSSR count). The third-order valence-corrected chi connectivity index (χ3v) is 7.13. The van der Waals surface area contributed by atoms with Gasteiger partial charge in [-0.3, -0.25) is 0 Å². The molecular formula is C25H28. The maximum atomic E-state index is 2.41. The van der Waals surface area contributed by atoms with Crippen molar-refractivity contribution in [2.24, 2.45) is 0 Å². The molecular weight excluding hydrogens is 300 g/mol. The topological polar surface area (TPSA) is 0 Å². The smallest absolute Gasteiger partial charge is 0.00154 e. The van der Waals surface area contributed by atoms with Gasteiger partial charge in [0.15, 0.2) is 0 Å². The quantitative estimate of drug-likeness (QED) is 0.296. The molecule has 25 heavy (non-hydrogen) atoms. The molecule has 0 atom stereocenters. The van der Waals surface area contributed by atoms with Gasteiger partial charge in [-0.05, 0) is 145 Å². The van der Waals surface area contributed by atoms with Gasteiger partial charge in [0, 0.05) is 0 Å². The van der Waals surface area contributed by atoms with Gasteiger partial charge in [-0.2, -0.15) is 0 Å². The van der Waals surface area contributed by atoms with E-state index in [4.69, 9.17) is 0 Å². The van der Waals surface area contributed by atoms with Gasteiger partial charge in [0.05, 0.1) is 0 Å². The van der Waals surface area contributed by atoms with Crippen molar-refractivity contribution in [3.05, 3.63) is 56.1 Å². The van der Waals surface area contributed by atoms with E-state index < -0.39 is 0 Å². The maximum absolute atomic E-state index is 2.41. The van der Waals surface area contributed by atoms with E-state index in [1.807, 2.05) is 0 Å². The van der Waals surface area contributed by atoms with E-state index in [1.54, 1.807) is 0 Å². The Kier molecular flexibility index (Phi) is 3.26. The second-order valence-electron chi connectivity index (χ2n) is 8.12. The molecule has 128 valence electrons. The van der Waals surface area contributed by atoms with Crippen molar-refractivity contribution < 1.29 is 0 Å². The fraction of sp³-hybridized carbons (Fsp3) is 0.360. The number of rotatable bonds is 0. The zero-order valence-electron chi connectivity index (χ0n) is 17.1. The molecule has 0 amide bonds. The monoisotopic (exact) mass is 328 g/mol. The number of hydrogen-bond acceptors (Lipinski definition) is 0. The van der Waals surface area contributed by atoms with Gasteiger partial charge >= 0.3 is 0 Å². The van der Waals surface area contributed by atoms with Gasteiger partial charge in [-0.1, -0.05) is 6.07 Å². The van der Waals surface area contributed by atoms with Gasteiger partial charge in [0.1, 0.15) is 0 Å². The molecule has 0 radical (unpaired) electrons. The van der Waals surface area contributed by atoms with Crippen LogP contribution in [0.5, 0.6) is 0 Å². The highest BCUT2D eigenvalue weighted by Crippen LogP contribution is 2.46. The lowest BCUT2D eigenvalue weighted by Crippen LogP contribution is -2.03. The average Bonchev–Trinajstić information content (AvgIpc) is 2.57. The van der Waals surface area contributed by atoms with Crippen LogP contribution in [0.2, 0.25) is 0 Å². The highest BCUT2D eigenvalue weighted by molar-refractivity contribution is 6.28. The second-order valence-corrected chi connectivity index (χ2v) is 8.12. The van der Waals surface area contributed by atoms with Crippen LogP contribution in [0, 0.1) is 62.3 Å². The largest absolute Gasteiger partial charge is 0.0508 e. The summed E-state index contributed by atoms with van der Waals surface area (Å²) < 4.78 is 0. The zero-order chi connectivity index (χ0) is 18.4. The molecule has 4 aromatic carbocycles. The van der Waals surface area contributed by atoms with Gasteiger partial charge in [-0.25, -0.2) is 0 Å². The molecule has 0 aliphatic rings. The Balaban J connectivity index is 2.60. The molecule has 0 spiro atoms.